The van der Waals surface area contributed by atoms with Gasteiger partial charge >= 0.3 is 0 Å². The van der Waals surface area contributed by atoms with Crippen LogP contribution >= 0.6 is 0 Å². The Hall–Kier alpha value is -1.35. The molecule has 98 valence electrons. The fourth-order valence-electron chi connectivity index (χ4n) is 2.49. The first-order valence-corrected chi connectivity index (χ1v) is 6.99. The average molecular weight is 245 g/mol. The van der Waals surface area contributed by atoms with Crippen LogP contribution in [-0.2, 0) is 0 Å². The lowest BCUT2D eigenvalue weighted by Crippen LogP contribution is -2.29. The SMILES string of the molecule is CC.Cc1ccc2cnn(C3CCNCC3)c2c1. The molecule has 2 aromatic rings. The molecule has 0 saturated carbocycles. The minimum absolute atomic E-state index is 0.570. The van der Waals surface area contributed by atoms with Crippen molar-refractivity contribution in [2.45, 2.75) is 39.7 Å². The van der Waals surface area contributed by atoms with Crippen molar-refractivity contribution in [3.8, 4) is 0 Å². The highest BCUT2D eigenvalue weighted by Crippen LogP contribution is 2.24. The van der Waals surface area contributed by atoms with E-state index in [1.807, 2.05) is 20.0 Å². The molecule has 3 rings (SSSR count). The monoisotopic (exact) mass is 245 g/mol. The first-order valence-electron chi connectivity index (χ1n) is 6.99. The molecule has 0 radical (unpaired) electrons. The van der Waals surface area contributed by atoms with Crippen LogP contribution < -0.4 is 5.32 Å². The second-order valence-electron chi connectivity index (χ2n) is 4.63. The fourth-order valence-corrected chi connectivity index (χ4v) is 2.49. The van der Waals surface area contributed by atoms with Crippen molar-refractivity contribution in [1.82, 2.24) is 15.1 Å². The predicted molar refractivity (Wildman–Crippen MR) is 77.0 cm³/mol. The molecule has 1 N–H and O–H groups in total. The van der Waals surface area contributed by atoms with E-state index in [1.54, 1.807) is 0 Å². The molecule has 1 aromatic carbocycles. The minimum atomic E-state index is 0.570. The van der Waals surface area contributed by atoms with Crippen LogP contribution in [-0.4, -0.2) is 22.9 Å². The van der Waals surface area contributed by atoms with Crippen molar-refractivity contribution >= 4 is 10.9 Å². The molecule has 1 fully saturated rings. The van der Waals surface area contributed by atoms with E-state index in [0.717, 1.165) is 13.1 Å². The molecule has 3 heteroatoms. The van der Waals surface area contributed by atoms with E-state index in [9.17, 15) is 0 Å². The van der Waals surface area contributed by atoms with Crippen molar-refractivity contribution < 1.29 is 0 Å². The smallest absolute Gasteiger partial charge is 0.0688 e. The van der Waals surface area contributed by atoms with Crippen molar-refractivity contribution in [3.63, 3.8) is 0 Å². The summed E-state index contributed by atoms with van der Waals surface area (Å²) in [5.74, 6) is 0. The minimum Gasteiger partial charge on any atom is -0.317 e. The quantitative estimate of drug-likeness (QED) is 0.835. The highest BCUT2D eigenvalue weighted by Gasteiger charge is 2.17. The average Bonchev–Trinajstić information content (AvgIpc) is 2.85. The van der Waals surface area contributed by atoms with E-state index in [1.165, 1.54) is 29.3 Å². The number of piperidine rings is 1. The maximum Gasteiger partial charge on any atom is 0.0688 e. The maximum atomic E-state index is 4.55. The molecule has 1 aromatic heterocycles. The van der Waals surface area contributed by atoms with Crippen LogP contribution in [0.4, 0.5) is 0 Å². The van der Waals surface area contributed by atoms with Gasteiger partial charge in [-0.2, -0.15) is 5.10 Å². The third kappa shape index (κ3) is 2.56. The van der Waals surface area contributed by atoms with Crippen molar-refractivity contribution in [2.24, 2.45) is 0 Å². The van der Waals surface area contributed by atoms with Crippen LogP contribution in [0, 0.1) is 6.92 Å². The molecule has 18 heavy (non-hydrogen) atoms. The Morgan fingerprint density at radius 3 is 2.67 bits per heavy atom. The molecule has 1 aliphatic heterocycles. The van der Waals surface area contributed by atoms with Gasteiger partial charge in [-0.3, -0.25) is 4.68 Å². The van der Waals surface area contributed by atoms with Crippen molar-refractivity contribution in [2.75, 3.05) is 13.1 Å². The topological polar surface area (TPSA) is 29.9 Å². The van der Waals surface area contributed by atoms with Crippen LogP contribution in [0.15, 0.2) is 24.4 Å². The summed E-state index contributed by atoms with van der Waals surface area (Å²) in [5.41, 5.74) is 2.59. The largest absolute Gasteiger partial charge is 0.317 e. The van der Waals surface area contributed by atoms with E-state index in [-0.39, 0.29) is 0 Å². The molecule has 1 aliphatic rings. The molecule has 0 amide bonds. The second-order valence-corrected chi connectivity index (χ2v) is 4.63. The zero-order valence-corrected chi connectivity index (χ0v) is 11.6. The maximum absolute atomic E-state index is 4.55. The van der Waals surface area contributed by atoms with Crippen LogP contribution in [0.25, 0.3) is 10.9 Å². The summed E-state index contributed by atoms with van der Waals surface area (Å²) in [6, 6.07) is 7.12. The normalized spacial score (nSPS) is 16.4. The molecule has 0 atom stereocenters. The first-order chi connectivity index (χ1) is 8.84. The lowest BCUT2D eigenvalue weighted by atomic mass is 10.1. The van der Waals surface area contributed by atoms with E-state index >= 15 is 0 Å². The molecule has 0 bridgehead atoms. The molecule has 0 unspecified atom stereocenters. The van der Waals surface area contributed by atoms with Gasteiger partial charge in [0, 0.05) is 5.39 Å². The number of rotatable bonds is 1. The Balaban J connectivity index is 0.000000574. The van der Waals surface area contributed by atoms with Gasteiger partial charge in [0.25, 0.3) is 0 Å². The first kappa shape index (κ1) is 13.1. The van der Waals surface area contributed by atoms with Gasteiger partial charge in [0.2, 0.25) is 0 Å². The zero-order valence-electron chi connectivity index (χ0n) is 11.6. The summed E-state index contributed by atoms with van der Waals surface area (Å²) in [7, 11) is 0. The van der Waals surface area contributed by atoms with Gasteiger partial charge in [-0.25, -0.2) is 0 Å². The zero-order chi connectivity index (χ0) is 13.0. The van der Waals surface area contributed by atoms with Crippen molar-refractivity contribution in [1.29, 1.82) is 0 Å². The summed E-state index contributed by atoms with van der Waals surface area (Å²) in [6.45, 7) is 8.36. The van der Waals surface area contributed by atoms with E-state index in [4.69, 9.17) is 0 Å². The summed E-state index contributed by atoms with van der Waals surface area (Å²) in [5, 5.41) is 9.20. The van der Waals surface area contributed by atoms with Gasteiger partial charge in [0.1, 0.15) is 0 Å². The summed E-state index contributed by atoms with van der Waals surface area (Å²) < 4.78 is 2.21. The number of hydrogen-bond acceptors (Lipinski definition) is 2. The molecular formula is C15H23N3. The number of nitrogens with zero attached hydrogens (tertiary/aromatic N) is 2. The van der Waals surface area contributed by atoms with Gasteiger partial charge in [-0.1, -0.05) is 26.0 Å². The van der Waals surface area contributed by atoms with E-state index in [0.29, 0.717) is 6.04 Å². The summed E-state index contributed by atoms with van der Waals surface area (Å²) >= 11 is 0. The molecule has 2 heterocycles. The number of benzene rings is 1. The lowest BCUT2D eigenvalue weighted by molar-refractivity contribution is 0.351. The Morgan fingerprint density at radius 1 is 1.22 bits per heavy atom. The van der Waals surface area contributed by atoms with Crippen LogP contribution in [0.3, 0.4) is 0 Å². The Bertz CT molecular complexity index is 495. The van der Waals surface area contributed by atoms with Gasteiger partial charge in [0.05, 0.1) is 17.8 Å². The van der Waals surface area contributed by atoms with Crippen molar-refractivity contribution in [3.05, 3.63) is 30.0 Å². The molecular weight excluding hydrogens is 222 g/mol. The van der Waals surface area contributed by atoms with Gasteiger partial charge in [-0.05, 0) is 44.5 Å². The van der Waals surface area contributed by atoms with Gasteiger partial charge in [0.15, 0.2) is 0 Å². The molecule has 1 saturated heterocycles. The summed E-state index contributed by atoms with van der Waals surface area (Å²) in [6.07, 6.45) is 4.35. The molecule has 0 spiro atoms. The van der Waals surface area contributed by atoms with Gasteiger partial charge in [-0.15, -0.1) is 0 Å². The van der Waals surface area contributed by atoms with E-state index < -0.39 is 0 Å². The summed E-state index contributed by atoms with van der Waals surface area (Å²) in [4.78, 5) is 0. The van der Waals surface area contributed by atoms with Crippen LogP contribution in [0.1, 0.15) is 38.3 Å². The number of fused-ring (bicyclic) bond motifs is 1. The third-order valence-corrected chi connectivity index (χ3v) is 3.41. The Kier molecular flexibility index (Phi) is 4.37. The number of hydrogen-bond donors (Lipinski definition) is 1. The Labute approximate surface area is 109 Å². The second kappa shape index (κ2) is 6.01. The Morgan fingerprint density at radius 2 is 1.94 bits per heavy atom. The lowest BCUT2D eigenvalue weighted by Gasteiger charge is -2.23. The number of nitrogens with one attached hydrogen (secondary N) is 1. The molecule has 0 aliphatic carbocycles. The number of aryl methyl sites for hydroxylation is 1. The predicted octanol–water partition coefficient (Wildman–Crippen LogP) is 3.30. The standard InChI is InChI=1S/C13H17N3.C2H6/c1-10-2-3-11-9-15-16(13(11)8-10)12-4-6-14-7-5-12;1-2/h2-3,8-9,12,14H,4-7H2,1H3;1-2H3. The molecule has 3 nitrogen and oxygen atoms in total. The highest BCUT2D eigenvalue weighted by atomic mass is 15.3. The number of aromatic nitrogens is 2. The highest BCUT2D eigenvalue weighted by molar-refractivity contribution is 5.79. The van der Waals surface area contributed by atoms with E-state index in [2.05, 4.69) is 40.2 Å². The van der Waals surface area contributed by atoms with Crippen LogP contribution in [0.2, 0.25) is 0 Å². The fraction of sp³-hybridized carbons (Fsp3) is 0.533. The van der Waals surface area contributed by atoms with Gasteiger partial charge < -0.3 is 5.32 Å². The van der Waals surface area contributed by atoms with Crippen LogP contribution in [0.5, 0.6) is 0 Å². The third-order valence-electron chi connectivity index (χ3n) is 3.41.